The number of aliphatic hydroxyl groups excluding tert-OH is 1. The molecular weight excluding hydrogens is 859 g/mol. The smallest absolute Gasteiger partial charge is 0.267 e. The Hall–Kier alpha value is -8.14. The molecule has 4 amide bonds. The molecule has 0 spiro atoms. The van der Waals surface area contributed by atoms with Crippen LogP contribution in [0.1, 0.15) is 46.1 Å². The Bertz CT molecular complexity index is 2760. The van der Waals surface area contributed by atoms with Crippen LogP contribution in [-0.2, 0) is 9.59 Å². The third kappa shape index (κ3) is 11.0. The summed E-state index contributed by atoms with van der Waals surface area (Å²) in [6.45, 7) is 2.47. The molecule has 4 unspecified atom stereocenters. The van der Waals surface area contributed by atoms with Gasteiger partial charge in [0, 0.05) is 54.5 Å². The topological polar surface area (TPSA) is 307 Å². The Labute approximate surface area is 375 Å². The molecule has 66 heavy (non-hydrogen) atoms. The lowest BCUT2D eigenvalue weighted by atomic mass is 10.0. The Kier molecular flexibility index (Phi) is 13.7. The van der Waals surface area contributed by atoms with Crippen LogP contribution in [-0.4, -0.2) is 91.3 Å². The highest BCUT2D eigenvalue weighted by Crippen LogP contribution is 2.33. The quantitative estimate of drug-likeness (QED) is 0.0646. The van der Waals surface area contributed by atoms with Crippen LogP contribution in [0.3, 0.4) is 0 Å². The third-order valence-corrected chi connectivity index (χ3v) is 10.6. The van der Waals surface area contributed by atoms with E-state index in [2.05, 4.69) is 25.3 Å². The summed E-state index contributed by atoms with van der Waals surface area (Å²) in [6, 6.07) is 22.0. The predicted octanol–water partition coefficient (Wildman–Crippen LogP) is 3.33. The second-order valence-electron chi connectivity index (χ2n) is 15.2. The number of aromatic nitrogens is 4. The number of nitrogens with one attached hydrogen (secondary N) is 1. The molecule has 7 rings (SSSR count). The summed E-state index contributed by atoms with van der Waals surface area (Å²) in [5, 5.41) is 13.4. The first kappa shape index (κ1) is 45.9. The van der Waals surface area contributed by atoms with Crippen LogP contribution >= 0.6 is 0 Å². The first-order chi connectivity index (χ1) is 31.5. The lowest BCUT2D eigenvalue weighted by Crippen LogP contribution is -2.60. The van der Waals surface area contributed by atoms with E-state index in [1.807, 2.05) is 11.8 Å². The first-order valence-corrected chi connectivity index (χ1v) is 20.3. The van der Waals surface area contributed by atoms with Crippen LogP contribution in [0.25, 0.3) is 22.8 Å². The van der Waals surface area contributed by atoms with Crippen LogP contribution < -0.4 is 48.4 Å². The van der Waals surface area contributed by atoms with Crippen LogP contribution in [0.15, 0.2) is 103 Å². The Balaban J connectivity index is 1.07. The monoisotopic (exact) mass is 902 g/mol. The summed E-state index contributed by atoms with van der Waals surface area (Å²) >= 11 is 0. The van der Waals surface area contributed by atoms with Gasteiger partial charge in [-0.3, -0.25) is 24.1 Å². The molecule has 3 heterocycles. The maximum absolute atomic E-state index is 13.5. The number of carbonyl (C=O) groups is 4. The van der Waals surface area contributed by atoms with Crippen molar-refractivity contribution >= 4 is 35.3 Å². The number of carbonyl (C=O) groups excluding carboxylic acids is 4. The maximum atomic E-state index is 13.5. The van der Waals surface area contributed by atoms with Gasteiger partial charge in [0.05, 0.1) is 0 Å². The van der Waals surface area contributed by atoms with E-state index in [1.165, 1.54) is 72.8 Å². The molecule has 0 saturated carbocycles. The van der Waals surface area contributed by atoms with Crippen molar-refractivity contribution in [2.24, 2.45) is 28.7 Å². The highest BCUT2D eigenvalue weighted by Gasteiger charge is 2.36. The van der Waals surface area contributed by atoms with E-state index in [0.29, 0.717) is 23.6 Å². The van der Waals surface area contributed by atoms with Gasteiger partial charge in [-0.2, -0.15) is 0 Å². The molecule has 12 N–H and O–H groups in total. The molecule has 4 atom stereocenters. The predicted molar refractivity (Wildman–Crippen MR) is 237 cm³/mol. The van der Waals surface area contributed by atoms with Gasteiger partial charge >= 0.3 is 0 Å². The second-order valence-corrected chi connectivity index (χ2v) is 15.2. The molecule has 1 fully saturated rings. The van der Waals surface area contributed by atoms with E-state index < -0.39 is 59.6 Å². The minimum atomic E-state index is -1.53. The first-order valence-electron chi connectivity index (χ1n) is 20.3. The number of amides is 4. The second kappa shape index (κ2) is 19.7. The van der Waals surface area contributed by atoms with Crippen LogP contribution in [0.5, 0.6) is 23.0 Å². The highest BCUT2D eigenvalue weighted by molar-refractivity contribution is 5.93. The standard InChI is InChI=1S/C45H44F2N12O7/c1-23(18-32(40(49)61)53-37-20-33(41(50)62)54-45(56-37)25-4-15-36(31(19-25)39(48)60)66-30-13-7-27(47)8-14-30)58-16-17-59(35(22-58)43(52)64)38-21-34(42(51)63)55-44(57-38)24-2-9-28(10-3-24)65-29-11-5-26(46)6-12-29/h2-15,19-21,23,32,35,39,60H,16-18,22,48H2,1H3,(H2,49,61)(H2,50,62)(H2,51,63)(H2,52,64)(H,53,54,56). The van der Waals surface area contributed by atoms with Crippen molar-refractivity contribution in [3.8, 4) is 45.8 Å². The van der Waals surface area contributed by atoms with Crippen LogP contribution in [0.2, 0.25) is 0 Å². The molecule has 0 aliphatic carbocycles. The number of rotatable bonds is 17. The summed E-state index contributed by atoms with van der Waals surface area (Å²) in [5.74, 6) is -2.39. The molecule has 1 aliphatic rings. The fourth-order valence-electron chi connectivity index (χ4n) is 7.20. The molecule has 2 aromatic heterocycles. The van der Waals surface area contributed by atoms with Crippen molar-refractivity contribution in [1.82, 2.24) is 24.8 Å². The van der Waals surface area contributed by atoms with Crippen LogP contribution in [0, 0.1) is 11.6 Å². The number of hydrogen-bond acceptors (Lipinski definition) is 15. The fraction of sp³-hybridized carbons (Fsp3) is 0.200. The van der Waals surface area contributed by atoms with E-state index in [1.54, 1.807) is 35.2 Å². The Morgan fingerprint density at radius 2 is 1.27 bits per heavy atom. The normalized spacial score (nSPS) is 15.3. The summed E-state index contributed by atoms with van der Waals surface area (Å²) in [4.78, 5) is 72.4. The van der Waals surface area contributed by atoms with E-state index in [-0.39, 0.29) is 76.8 Å². The number of primary amides is 4. The van der Waals surface area contributed by atoms with Gasteiger partial charge < -0.3 is 53.5 Å². The van der Waals surface area contributed by atoms with Gasteiger partial charge in [0.2, 0.25) is 11.8 Å². The number of ether oxygens (including phenoxy) is 2. The van der Waals surface area contributed by atoms with E-state index in [0.717, 1.165) is 0 Å². The van der Waals surface area contributed by atoms with Gasteiger partial charge in [-0.15, -0.1) is 0 Å². The number of benzene rings is 4. The zero-order valence-corrected chi connectivity index (χ0v) is 35.2. The highest BCUT2D eigenvalue weighted by atomic mass is 19.1. The van der Waals surface area contributed by atoms with Crippen molar-refractivity contribution in [2.75, 3.05) is 29.9 Å². The molecule has 1 saturated heterocycles. The fourth-order valence-corrected chi connectivity index (χ4v) is 7.20. The molecule has 19 nitrogen and oxygen atoms in total. The molecule has 0 radical (unpaired) electrons. The Morgan fingerprint density at radius 1 is 0.727 bits per heavy atom. The van der Waals surface area contributed by atoms with E-state index in [4.69, 9.17) is 38.1 Å². The number of anilines is 2. The van der Waals surface area contributed by atoms with E-state index in [9.17, 15) is 33.1 Å². The molecule has 21 heteroatoms. The van der Waals surface area contributed by atoms with Crippen molar-refractivity contribution in [3.63, 3.8) is 0 Å². The maximum Gasteiger partial charge on any atom is 0.267 e. The van der Waals surface area contributed by atoms with Gasteiger partial charge in [0.15, 0.2) is 11.6 Å². The van der Waals surface area contributed by atoms with Gasteiger partial charge in [-0.25, -0.2) is 28.7 Å². The summed E-state index contributed by atoms with van der Waals surface area (Å²) in [7, 11) is 0. The number of piperazine rings is 1. The molecule has 0 bridgehead atoms. The summed E-state index contributed by atoms with van der Waals surface area (Å²) in [6.07, 6.45) is -1.43. The molecule has 340 valence electrons. The van der Waals surface area contributed by atoms with Crippen LogP contribution in [0.4, 0.5) is 20.4 Å². The van der Waals surface area contributed by atoms with E-state index >= 15 is 0 Å². The van der Waals surface area contributed by atoms with Gasteiger partial charge in [0.25, 0.3) is 11.8 Å². The zero-order chi connectivity index (χ0) is 47.2. The van der Waals surface area contributed by atoms with Crippen molar-refractivity contribution in [2.45, 2.75) is 37.7 Å². The number of nitrogens with two attached hydrogens (primary N) is 5. The van der Waals surface area contributed by atoms with Gasteiger partial charge in [-0.1, -0.05) is 0 Å². The van der Waals surface area contributed by atoms with Gasteiger partial charge in [-0.05, 0) is 104 Å². The third-order valence-electron chi connectivity index (χ3n) is 10.6. The molecular formula is C45H44F2N12O7. The van der Waals surface area contributed by atoms with Crippen molar-refractivity contribution < 1.29 is 42.5 Å². The number of hydrogen-bond donors (Lipinski definition) is 7. The lowest BCUT2D eigenvalue weighted by molar-refractivity contribution is -0.121. The van der Waals surface area contributed by atoms with Gasteiger partial charge in [0.1, 0.15) is 76.0 Å². The lowest BCUT2D eigenvalue weighted by Gasteiger charge is -2.43. The average molecular weight is 903 g/mol. The summed E-state index contributed by atoms with van der Waals surface area (Å²) in [5.41, 5.74) is 29.6. The average Bonchev–Trinajstić information content (AvgIpc) is 3.30. The summed E-state index contributed by atoms with van der Waals surface area (Å²) < 4.78 is 38.4. The number of nitrogens with zero attached hydrogens (tertiary/aromatic N) is 6. The Morgan fingerprint density at radius 3 is 1.83 bits per heavy atom. The van der Waals surface area contributed by atoms with Crippen molar-refractivity contribution in [3.05, 3.63) is 132 Å². The SMILES string of the molecule is CC(CC(Nc1cc(C(N)=O)nc(-c2ccc(Oc3ccc(F)cc3)c(C(N)O)c2)n1)C(N)=O)N1CCN(c2cc(C(N)=O)nc(-c3ccc(Oc4ccc(F)cc4)cc3)n2)C(C(N)=O)C1. The minimum absolute atomic E-state index is 0.0194. The molecule has 1 aliphatic heterocycles. The number of aliphatic hydroxyl groups is 1. The molecule has 6 aromatic rings. The van der Waals surface area contributed by atoms with Crippen molar-refractivity contribution in [1.29, 1.82) is 0 Å². The largest absolute Gasteiger partial charge is 0.457 e. The molecule has 4 aromatic carbocycles. The zero-order valence-electron chi connectivity index (χ0n) is 35.2. The minimum Gasteiger partial charge on any atom is -0.457 e. The number of halogens is 2.